The Morgan fingerprint density at radius 1 is 1.10 bits per heavy atom. The first-order chi connectivity index (χ1) is 10.1. The topological polar surface area (TPSA) is 60.9 Å². The van der Waals surface area contributed by atoms with E-state index >= 15 is 0 Å². The maximum absolute atomic E-state index is 12.7. The number of benzene rings is 2. The predicted molar refractivity (Wildman–Crippen MR) is 84.7 cm³/mol. The number of fused-ring (bicyclic) bond motifs is 1. The van der Waals surface area contributed by atoms with Gasteiger partial charge in [-0.15, -0.1) is 0 Å². The van der Waals surface area contributed by atoms with Crippen LogP contribution in [0.5, 0.6) is 0 Å². The number of para-hydroxylation sites is 1. The Morgan fingerprint density at radius 2 is 1.76 bits per heavy atom. The highest BCUT2D eigenvalue weighted by Crippen LogP contribution is 2.15. The molecule has 4 nitrogen and oxygen atoms in total. The number of aryl methyl sites for hydroxylation is 1. The lowest BCUT2D eigenvalue weighted by atomic mass is 10.1. The van der Waals surface area contributed by atoms with E-state index in [-0.39, 0.29) is 11.6 Å². The SMILES string of the molecule is Cc1nc2ccccc2c(=O)n1-c1ccc(C(C)N)cc1. The van der Waals surface area contributed by atoms with Crippen molar-refractivity contribution in [3.8, 4) is 5.69 Å². The number of rotatable bonds is 2. The predicted octanol–water partition coefficient (Wildman–Crippen LogP) is 2.71. The Bertz CT molecular complexity index is 848. The summed E-state index contributed by atoms with van der Waals surface area (Å²) in [6, 6.07) is 15.1. The fourth-order valence-electron chi connectivity index (χ4n) is 2.47. The summed E-state index contributed by atoms with van der Waals surface area (Å²) < 4.78 is 1.63. The largest absolute Gasteiger partial charge is 0.324 e. The van der Waals surface area contributed by atoms with Crippen LogP contribution in [0, 0.1) is 6.92 Å². The molecule has 0 aliphatic rings. The molecule has 106 valence electrons. The first-order valence-corrected chi connectivity index (χ1v) is 6.92. The van der Waals surface area contributed by atoms with Gasteiger partial charge >= 0.3 is 0 Å². The zero-order valence-corrected chi connectivity index (χ0v) is 12.1. The van der Waals surface area contributed by atoms with Gasteiger partial charge in [0.15, 0.2) is 0 Å². The number of nitrogens with two attached hydrogens (primary N) is 1. The van der Waals surface area contributed by atoms with Gasteiger partial charge in [0.2, 0.25) is 0 Å². The van der Waals surface area contributed by atoms with Crippen LogP contribution < -0.4 is 11.3 Å². The van der Waals surface area contributed by atoms with Crippen molar-refractivity contribution in [3.63, 3.8) is 0 Å². The maximum atomic E-state index is 12.7. The van der Waals surface area contributed by atoms with Crippen molar-refractivity contribution in [2.24, 2.45) is 5.73 Å². The lowest BCUT2D eigenvalue weighted by Gasteiger charge is -2.12. The number of aromatic nitrogens is 2. The van der Waals surface area contributed by atoms with Crippen molar-refractivity contribution in [3.05, 3.63) is 70.3 Å². The Kier molecular flexibility index (Phi) is 3.31. The quantitative estimate of drug-likeness (QED) is 0.784. The molecule has 0 aliphatic carbocycles. The van der Waals surface area contributed by atoms with E-state index in [2.05, 4.69) is 4.98 Å². The van der Waals surface area contributed by atoms with Crippen LogP contribution in [0.4, 0.5) is 0 Å². The monoisotopic (exact) mass is 279 g/mol. The van der Waals surface area contributed by atoms with E-state index in [1.165, 1.54) is 0 Å². The molecule has 2 N–H and O–H groups in total. The highest BCUT2D eigenvalue weighted by Gasteiger charge is 2.09. The third kappa shape index (κ3) is 2.34. The summed E-state index contributed by atoms with van der Waals surface area (Å²) in [5, 5.41) is 0.624. The van der Waals surface area contributed by atoms with Crippen LogP contribution in [-0.2, 0) is 0 Å². The van der Waals surface area contributed by atoms with Gasteiger partial charge in [0, 0.05) is 6.04 Å². The minimum atomic E-state index is -0.0494. The highest BCUT2D eigenvalue weighted by molar-refractivity contribution is 5.77. The van der Waals surface area contributed by atoms with E-state index in [0.717, 1.165) is 16.8 Å². The smallest absolute Gasteiger partial charge is 0.265 e. The van der Waals surface area contributed by atoms with Crippen molar-refractivity contribution in [2.45, 2.75) is 19.9 Å². The van der Waals surface area contributed by atoms with Crippen molar-refractivity contribution in [2.75, 3.05) is 0 Å². The van der Waals surface area contributed by atoms with Crippen molar-refractivity contribution in [1.82, 2.24) is 9.55 Å². The van der Waals surface area contributed by atoms with Gasteiger partial charge in [0.25, 0.3) is 5.56 Å². The van der Waals surface area contributed by atoms with Gasteiger partial charge in [-0.25, -0.2) is 4.98 Å². The fraction of sp³-hybridized carbons (Fsp3) is 0.176. The van der Waals surface area contributed by atoms with Gasteiger partial charge in [0.1, 0.15) is 5.82 Å². The van der Waals surface area contributed by atoms with E-state index in [1.807, 2.05) is 56.3 Å². The minimum absolute atomic E-state index is 0.0217. The zero-order chi connectivity index (χ0) is 15.0. The lowest BCUT2D eigenvalue weighted by Crippen LogP contribution is -2.22. The van der Waals surface area contributed by atoms with Crippen LogP contribution in [0.1, 0.15) is 24.4 Å². The molecule has 2 aromatic carbocycles. The highest BCUT2D eigenvalue weighted by atomic mass is 16.1. The summed E-state index contributed by atoms with van der Waals surface area (Å²) in [5.74, 6) is 0.673. The second-order valence-corrected chi connectivity index (χ2v) is 5.20. The second kappa shape index (κ2) is 5.14. The molecule has 3 aromatic rings. The number of nitrogens with zero attached hydrogens (tertiary/aromatic N) is 2. The van der Waals surface area contributed by atoms with Gasteiger partial charge in [-0.05, 0) is 43.7 Å². The zero-order valence-electron chi connectivity index (χ0n) is 12.1. The Balaban J connectivity index is 2.22. The molecule has 4 heteroatoms. The van der Waals surface area contributed by atoms with Crippen LogP contribution in [0.3, 0.4) is 0 Å². The van der Waals surface area contributed by atoms with E-state index in [4.69, 9.17) is 5.73 Å². The number of hydrogen-bond acceptors (Lipinski definition) is 3. The van der Waals surface area contributed by atoms with Gasteiger partial charge < -0.3 is 5.73 Å². The molecule has 0 fully saturated rings. The normalized spacial score (nSPS) is 12.5. The van der Waals surface area contributed by atoms with Gasteiger partial charge in [-0.2, -0.15) is 0 Å². The molecule has 0 bridgehead atoms. The third-order valence-electron chi connectivity index (χ3n) is 3.62. The first-order valence-electron chi connectivity index (χ1n) is 6.92. The summed E-state index contributed by atoms with van der Waals surface area (Å²) >= 11 is 0. The van der Waals surface area contributed by atoms with Crippen LogP contribution in [0.25, 0.3) is 16.6 Å². The standard InChI is InChI=1S/C17H17N3O/c1-11(18)13-7-9-14(10-8-13)20-12(2)19-16-6-4-3-5-15(16)17(20)21/h3-11H,18H2,1-2H3. The maximum Gasteiger partial charge on any atom is 0.265 e. The van der Waals surface area contributed by atoms with Crippen molar-refractivity contribution in [1.29, 1.82) is 0 Å². The van der Waals surface area contributed by atoms with Crippen LogP contribution in [0.2, 0.25) is 0 Å². The molecule has 1 aromatic heterocycles. The molecule has 0 spiro atoms. The van der Waals surface area contributed by atoms with E-state index in [9.17, 15) is 4.79 Å². The molecule has 0 aliphatic heterocycles. The molecule has 3 rings (SSSR count). The molecule has 1 unspecified atom stereocenters. The molecular formula is C17H17N3O. The van der Waals surface area contributed by atoms with E-state index in [1.54, 1.807) is 10.6 Å². The van der Waals surface area contributed by atoms with E-state index < -0.39 is 0 Å². The first kappa shape index (κ1) is 13.5. The summed E-state index contributed by atoms with van der Waals surface area (Å²) in [7, 11) is 0. The molecule has 0 saturated heterocycles. The van der Waals surface area contributed by atoms with Crippen LogP contribution in [-0.4, -0.2) is 9.55 Å². The average molecular weight is 279 g/mol. The van der Waals surface area contributed by atoms with E-state index in [0.29, 0.717) is 11.2 Å². The minimum Gasteiger partial charge on any atom is -0.324 e. The molecular weight excluding hydrogens is 262 g/mol. The Labute approximate surface area is 122 Å². The summed E-state index contributed by atoms with van der Waals surface area (Å²) in [4.78, 5) is 17.2. The average Bonchev–Trinajstić information content (AvgIpc) is 2.48. The van der Waals surface area contributed by atoms with Crippen molar-refractivity contribution < 1.29 is 0 Å². The van der Waals surface area contributed by atoms with Gasteiger partial charge in [-0.1, -0.05) is 24.3 Å². The van der Waals surface area contributed by atoms with Crippen molar-refractivity contribution >= 4 is 10.9 Å². The molecule has 0 saturated carbocycles. The molecule has 21 heavy (non-hydrogen) atoms. The van der Waals surface area contributed by atoms with Crippen LogP contribution >= 0.6 is 0 Å². The third-order valence-corrected chi connectivity index (χ3v) is 3.62. The number of hydrogen-bond donors (Lipinski definition) is 1. The molecule has 1 atom stereocenters. The molecule has 0 amide bonds. The second-order valence-electron chi connectivity index (χ2n) is 5.20. The molecule has 1 heterocycles. The Hall–Kier alpha value is -2.46. The summed E-state index contributed by atoms with van der Waals surface area (Å²) in [5.41, 5.74) is 8.38. The molecule has 0 radical (unpaired) electrons. The summed E-state index contributed by atoms with van der Waals surface area (Å²) in [6.07, 6.45) is 0. The van der Waals surface area contributed by atoms with Gasteiger partial charge in [0.05, 0.1) is 16.6 Å². The summed E-state index contributed by atoms with van der Waals surface area (Å²) in [6.45, 7) is 3.78. The Morgan fingerprint density at radius 3 is 2.43 bits per heavy atom. The fourth-order valence-corrected chi connectivity index (χ4v) is 2.47. The van der Waals surface area contributed by atoms with Crippen LogP contribution in [0.15, 0.2) is 53.3 Å². The van der Waals surface area contributed by atoms with Gasteiger partial charge in [-0.3, -0.25) is 9.36 Å². The lowest BCUT2D eigenvalue weighted by molar-refractivity contribution is 0.815.